The Morgan fingerprint density at radius 3 is 1.70 bits per heavy atom. The second kappa shape index (κ2) is 22.6. The molecule has 0 bridgehead atoms. The minimum absolute atomic E-state index is 0. The van der Waals surface area contributed by atoms with Gasteiger partial charge in [-0.05, 0) is 136 Å². The average Bonchev–Trinajstić information content (AvgIpc) is 1.63. The SMILES string of the molecule is [2H]c1c([2H])c([2H])c(-c2cnc(-n3c4[c-]c(Oc5[c-]c(-n6[c-][n+](-c7c(-c8cccc(C(C)(C)C)c8)cccc7-c7cc(C(C)(C)C)cc(C(C)(C)C)c7)c7ccc(-c8cc(C(C)(C)C)cc(C(C)(C)C)c8)cc76)ccc5)ccc4c4ccccc43)cc2C([2H])([2H])[2H])c([2H])c1[2H].[Pt]. The standard InChI is InChI=1S/C81H80N4O.Pt/c1-52-39-75(82-50-70(52)53-25-18-17-19-26-53)85-71-34-21-20-31-68(71)69-37-36-65(49-73(69)85)86-64-30-23-29-63(48-64)83-51-84(72-38-35-54(45-74(72)83)56-41-59(78(5,6)7)46-60(42-56)79(8,9)10)76-66(55-27-22-28-58(40-55)77(2,3)4)32-24-33-67(76)57-43-61(80(11,12)13)47-62(44-57)81(14,15)16;/h17-47,50H,1-16H3;/q-2;/i1D3,17D,18D,19D,25D,26D;. The topological polar surface area (TPSA) is 35.9 Å². The summed E-state index contributed by atoms with van der Waals surface area (Å²) in [6.45, 7) is 31.3. The summed E-state index contributed by atoms with van der Waals surface area (Å²) in [5.41, 5.74) is 16.3. The van der Waals surface area contributed by atoms with Gasteiger partial charge >= 0.3 is 0 Å². The average molecular weight is 1330 g/mol. The Labute approximate surface area is 542 Å². The third-order valence-corrected chi connectivity index (χ3v) is 16.6. The maximum absolute atomic E-state index is 8.75. The van der Waals surface area contributed by atoms with Gasteiger partial charge in [0.2, 0.25) is 0 Å². The predicted molar refractivity (Wildman–Crippen MR) is 360 cm³/mol. The summed E-state index contributed by atoms with van der Waals surface area (Å²) in [5.74, 6) is 0.981. The summed E-state index contributed by atoms with van der Waals surface area (Å²) in [6.07, 6.45) is 5.25. The molecule has 0 saturated heterocycles. The quantitative estimate of drug-likeness (QED) is 0.107. The molecule has 87 heavy (non-hydrogen) atoms. The van der Waals surface area contributed by atoms with Crippen molar-refractivity contribution in [2.45, 2.75) is 138 Å². The molecule has 0 radical (unpaired) electrons. The van der Waals surface area contributed by atoms with Gasteiger partial charge in [-0.25, -0.2) is 4.98 Å². The van der Waals surface area contributed by atoms with Gasteiger partial charge in [-0.15, -0.1) is 29.7 Å². The number of aryl methyl sites for hydroxylation is 1. The Morgan fingerprint density at radius 2 is 1.06 bits per heavy atom. The van der Waals surface area contributed by atoms with Crippen LogP contribution in [0, 0.1) is 25.3 Å². The van der Waals surface area contributed by atoms with E-state index in [0.29, 0.717) is 28.2 Å². The molecule has 0 saturated carbocycles. The Bertz CT molecular complexity index is 4930. The first-order valence-corrected chi connectivity index (χ1v) is 29.8. The van der Waals surface area contributed by atoms with Gasteiger partial charge in [-0.1, -0.05) is 249 Å². The van der Waals surface area contributed by atoms with E-state index in [2.05, 4.69) is 229 Å². The fraction of sp³-hybridized carbons (Fsp3) is 0.259. The van der Waals surface area contributed by atoms with Crippen molar-refractivity contribution in [1.82, 2.24) is 14.1 Å². The number of imidazole rings is 1. The van der Waals surface area contributed by atoms with Crippen LogP contribution in [0.1, 0.15) is 148 Å². The molecular formula is C81H80N4OPt-2. The normalized spacial score (nSPS) is 14.0. The van der Waals surface area contributed by atoms with Crippen LogP contribution in [0.25, 0.3) is 94.5 Å². The molecular weight excluding hydrogens is 1240 g/mol. The summed E-state index contributed by atoms with van der Waals surface area (Å²) in [4.78, 5) is 4.79. The smallest absolute Gasteiger partial charge is 0.268 e. The van der Waals surface area contributed by atoms with Gasteiger partial charge in [0.05, 0.1) is 23.6 Å². The number of hydrogen-bond acceptors (Lipinski definition) is 2. The van der Waals surface area contributed by atoms with Gasteiger partial charge in [0, 0.05) is 54.0 Å². The first-order chi connectivity index (χ1) is 43.9. The molecule has 3 aromatic heterocycles. The van der Waals surface area contributed by atoms with Crippen LogP contribution in [0.4, 0.5) is 0 Å². The van der Waals surface area contributed by atoms with Crippen LogP contribution in [-0.2, 0) is 48.1 Å². The second-order valence-corrected chi connectivity index (χ2v) is 28.1. The molecule has 0 N–H and O–H groups in total. The fourth-order valence-electron chi connectivity index (χ4n) is 11.4. The van der Waals surface area contributed by atoms with E-state index in [1.165, 1.54) is 40.1 Å². The molecule has 0 aliphatic heterocycles. The van der Waals surface area contributed by atoms with Crippen LogP contribution in [0.15, 0.2) is 194 Å². The summed E-state index contributed by atoms with van der Waals surface area (Å²) >= 11 is 0. The van der Waals surface area contributed by atoms with Crippen molar-refractivity contribution in [3.05, 3.63) is 246 Å². The van der Waals surface area contributed by atoms with Crippen molar-refractivity contribution in [3.8, 4) is 73.2 Å². The third-order valence-electron chi connectivity index (χ3n) is 16.6. The molecule has 5 nitrogen and oxygen atoms in total. The van der Waals surface area contributed by atoms with Crippen LogP contribution >= 0.6 is 0 Å². The fourth-order valence-corrected chi connectivity index (χ4v) is 11.4. The predicted octanol–water partition coefficient (Wildman–Crippen LogP) is 21.1. The van der Waals surface area contributed by atoms with E-state index in [-0.39, 0.29) is 70.6 Å². The van der Waals surface area contributed by atoms with Crippen molar-refractivity contribution < 1.29 is 41.3 Å². The van der Waals surface area contributed by atoms with Gasteiger partial charge in [0.1, 0.15) is 5.82 Å². The number of pyridine rings is 1. The molecule has 0 atom stereocenters. The van der Waals surface area contributed by atoms with Crippen LogP contribution in [0.3, 0.4) is 0 Å². The monoisotopic (exact) mass is 1330 g/mol. The summed E-state index contributed by atoms with van der Waals surface area (Å²) in [7, 11) is 0. The first-order valence-electron chi connectivity index (χ1n) is 33.8. The van der Waals surface area contributed by atoms with Crippen molar-refractivity contribution >= 4 is 32.8 Å². The molecule has 3 heterocycles. The van der Waals surface area contributed by atoms with Gasteiger partial charge < -0.3 is 13.9 Å². The molecule has 0 spiro atoms. The number of nitrogens with zero attached hydrogens (tertiary/aromatic N) is 4. The molecule has 12 rings (SSSR count). The molecule has 0 amide bonds. The molecule has 9 aromatic carbocycles. The molecule has 0 fully saturated rings. The first kappa shape index (κ1) is 51.0. The molecule has 12 aromatic rings. The van der Waals surface area contributed by atoms with Crippen molar-refractivity contribution in [3.63, 3.8) is 0 Å². The Morgan fingerprint density at radius 1 is 0.471 bits per heavy atom. The molecule has 442 valence electrons. The Kier molecular flexibility index (Phi) is 13.2. The van der Waals surface area contributed by atoms with Crippen LogP contribution in [0.5, 0.6) is 11.5 Å². The zero-order valence-corrected chi connectivity index (χ0v) is 54.9. The molecule has 0 unspecified atom stereocenters. The zero-order valence-electron chi connectivity index (χ0n) is 60.6. The third kappa shape index (κ3) is 11.9. The van der Waals surface area contributed by atoms with Crippen molar-refractivity contribution in [1.29, 1.82) is 0 Å². The summed E-state index contributed by atoms with van der Waals surface area (Å²) in [6, 6.07) is 59.7. The van der Waals surface area contributed by atoms with Crippen LogP contribution < -0.4 is 9.30 Å². The zero-order chi connectivity index (χ0) is 67.7. The molecule has 0 aliphatic rings. The maximum atomic E-state index is 8.75. The number of hydrogen-bond donors (Lipinski definition) is 0. The van der Waals surface area contributed by atoms with Gasteiger partial charge in [-0.2, -0.15) is 18.2 Å². The van der Waals surface area contributed by atoms with Gasteiger partial charge in [0.25, 0.3) is 6.33 Å². The maximum Gasteiger partial charge on any atom is 0.268 e. The van der Waals surface area contributed by atoms with Crippen LogP contribution in [0.2, 0.25) is 0 Å². The number of aromatic nitrogens is 4. The van der Waals surface area contributed by atoms with Crippen molar-refractivity contribution in [2.75, 3.05) is 0 Å². The van der Waals surface area contributed by atoms with Gasteiger partial charge in [-0.3, -0.25) is 4.57 Å². The number of rotatable bonds is 9. The van der Waals surface area contributed by atoms with Crippen LogP contribution in [-0.4, -0.2) is 14.1 Å². The molecule has 0 aliphatic carbocycles. The number of ether oxygens (including phenoxy) is 1. The Balaban J connectivity index is 0.00000919. The largest absolute Gasteiger partial charge is 0.510 e. The van der Waals surface area contributed by atoms with Crippen molar-refractivity contribution in [2.24, 2.45) is 0 Å². The minimum Gasteiger partial charge on any atom is -0.510 e. The van der Waals surface area contributed by atoms with Gasteiger partial charge in [0.15, 0.2) is 0 Å². The van der Waals surface area contributed by atoms with E-state index in [1.54, 1.807) is 0 Å². The summed E-state index contributed by atoms with van der Waals surface area (Å²) in [5, 5.41) is 1.65. The minimum atomic E-state index is -2.78. The number of para-hydroxylation sites is 2. The van der Waals surface area contributed by atoms with E-state index in [4.69, 9.17) is 20.7 Å². The summed E-state index contributed by atoms with van der Waals surface area (Å²) < 4.78 is 81.6. The van der Waals surface area contributed by atoms with E-state index in [9.17, 15) is 0 Å². The van der Waals surface area contributed by atoms with E-state index < -0.39 is 37.1 Å². The second-order valence-electron chi connectivity index (χ2n) is 28.1. The van der Waals surface area contributed by atoms with E-state index in [1.807, 2.05) is 59.2 Å². The Hall–Kier alpha value is -8.11. The molecule has 6 heteroatoms. The number of fused-ring (bicyclic) bond motifs is 4. The van der Waals surface area contributed by atoms with E-state index >= 15 is 0 Å². The van der Waals surface area contributed by atoms with E-state index in [0.717, 1.165) is 60.9 Å². The number of benzene rings is 9.